The van der Waals surface area contributed by atoms with Crippen LogP contribution in [-0.2, 0) is 15.1 Å². The highest BCUT2D eigenvalue weighted by atomic mass is 32.1. The first-order valence-electron chi connectivity index (χ1n) is 6.99. The molecule has 0 bridgehead atoms. The predicted octanol–water partition coefficient (Wildman–Crippen LogP) is 2.06. The number of hydrogen-bond donors (Lipinski definition) is 2. The van der Waals surface area contributed by atoms with Gasteiger partial charge in [-0.05, 0) is 39.0 Å². The van der Waals surface area contributed by atoms with E-state index < -0.39 is 11.9 Å². The second-order valence-corrected chi connectivity index (χ2v) is 6.71. The normalized spacial score (nSPS) is 27.2. The van der Waals surface area contributed by atoms with Gasteiger partial charge < -0.3 is 10.4 Å². The van der Waals surface area contributed by atoms with Crippen LogP contribution < -0.4 is 5.32 Å². The first-order chi connectivity index (χ1) is 9.52. The maximum absolute atomic E-state index is 12.3. The SMILES string of the molecule is Cc1csc(C2(NC(=O)C3CCC3C(=O)O)CCC2)n1. The average Bonchev–Trinajstić information content (AvgIpc) is 2.68. The Kier molecular flexibility index (Phi) is 3.28. The Labute approximate surface area is 121 Å². The van der Waals surface area contributed by atoms with Gasteiger partial charge in [0.25, 0.3) is 0 Å². The molecule has 1 aromatic rings. The molecule has 3 rings (SSSR count). The van der Waals surface area contributed by atoms with Crippen LogP contribution in [-0.4, -0.2) is 22.0 Å². The van der Waals surface area contributed by atoms with Gasteiger partial charge in [-0.25, -0.2) is 4.98 Å². The first kappa shape index (κ1) is 13.5. The number of aromatic nitrogens is 1. The number of nitrogens with one attached hydrogen (secondary N) is 1. The van der Waals surface area contributed by atoms with Gasteiger partial charge in [0, 0.05) is 11.1 Å². The maximum Gasteiger partial charge on any atom is 0.307 e. The Bertz CT molecular complexity index is 550. The van der Waals surface area contributed by atoms with E-state index in [-0.39, 0.29) is 17.4 Å². The topological polar surface area (TPSA) is 79.3 Å². The number of nitrogens with zero attached hydrogens (tertiary/aromatic N) is 1. The molecule has 2 unspecified atom stereocenters. The highest BCUT2D eigenvalue weighted by Crippen LogP contribution is 2.44. The van der Waals surface area contributed by atoms with E-state index in [9.17, 15) is 9.59 Å². The van der Waals surface area contributed by atoms with Crippen LogP contribution in [0.3, 0.4) is 0 Å². The van der Waals surface area contributed by atoms with E-state index in [4.69, 9.17) is 5.11 Å². The summed E-state index contributed by atoms with van der Waals surface area (Å²) < 4.78 is 0. The number of carboxylic acids is 1. The number of carbonyl (C=O) groups excluding carboxylic acids is 1. The second-order valence-electron chi connectivity index (χ2n) is 5.85. The summed E-state index contributed by atoms with van der Waals surface area (Å²) in [5, 5.41) is 15.1. The largest absolute Gasteiger partial charge is 0.481 e. The minimum Gasteiger partial charge on any atom is -0.481 e. The Morgan fingerprint density at radius 3 is 2.50 bits per heavy atom. The molecule has 2 fully saturated rings. The average molecular weight is 294 g/mol. The van der Waals surface area contributed by atoms with Crippen molar-refractivity contribution in [1.82, 2.24) is 10.3 Å². The summed E-state index contributed by atoms with van der Waals surface area (Å²) in [6, 6.07) is 0. The van der Waals surface area contributed by atoms with E-state index in [1.165, 1.54) is 0 Å². The molecule has 2 aliphatic carbocycles. The summed E-state index contributed by atoms with van der Waals surface area (Å²) in [6.45, 7) is 1.95. The fourth-order valence-electron chi connectivity index (χ4n) is 2.93. The smallest absolute Gasteiger partial charge is 0.307 e. The predicted molar refractivity (Wildman–Crippen MR) is 74.4 cm³/mol. The third kappa shape index (κ3) is 2.12. The lowest BCUT2D eigenvalue weighted by Gasteiger charge is -2.43. The molecule has 108 valence electrons. The van der Waals surface area contributed by atoms with Crippen molar-refractivity contribution in [1.29, 1.82) is 0 Å². The molecule has 0 radical (unpaired) electrons. The van der Waals surface area contributed by atoms with E-state index >= 15 is 0 Å². The number of amides is 1. The molecule has 2 aliphatic rings. The first-order valence-corrected chi connectivity index (χ1v) is 7.87. The van der Waals surface area contributed by atoms with Crippen LogP contribution in [0.5, 0.6) is 0 Å². The maximum atomic E-state index is 12.3. The molecule has 0 aromatic carbocycles. The van der Waals surface area contributed by atoms with Crippen molar-refractivity contribution >= 4 is 23.2 Å². The van der Waals surface area contributed by atoms with Gasteiger partial charge in [0.1, 0.15) is 5.01 Å². The number of aryl methyl sites for hydroxylation is 1. The molecular formula is C14H18N2O3S. The van der Waals surface area contributed by atoms with Gasteiger partial charge in [0.05, 0.1) is 17.4 Å². The lowest BCUT2D eigenvalue weighted by molar-refractivity contribution is -0.153. The fraction of sp³-hybridized carbons (Fsp3) is 0.643. The Hall–Kier alpha value is -1.43. The van der Waals surface area contributed by atoms with Crippen LogP contribution in [0.2, 0.25) is 0 Å². The molecule has 5 nitrogen and oxygen atoms in total. The quantitative estimate of drug-likeness (QED) is 0.891. The molecule has 1 aromatic heterocycles. The Morgan fingerprint density at radius 1 is 1.40 bits per heavy atom. The van der Waals surface area contributed by atoms with Crippen LogP contribution in [0.25, 0.3) is 0 Å². The molecule has 2 atom stereocenters. The van der Waals surface area contributed by atoms with Gasteiger partial charge in [0.2, 0.25) is 5.91 Å². The summed E-state index contributed by atoms with van der Waals surface area (Å²) in [7, 11) is 0. The van der Waals surface area contributed by atoms with Crippen LogP contribution in [0.1, 0.15) is 42.8 Å². The zero-order valence-corrected chi connectivity index (χ0v) is 12.2. The van der Waals surface area contributed by atoms with Crippen molar-refractivity contribution in [3.63, 3.8) is 0 Å². The van der Waals surface area contributed by atoms with Gasteiger partial charge in [-0.3, -0.25) is 9.59 Å². The van der Waals surface area contributed by atoms with Crippen LogP contribution in [0.15, 0.2) is 5.38 Å². The van der Waals surface area contributed by atoms with Crippen LogP contribution in [0, 0.1) is 18.8 Å². The molecule has 0 spiro atoms. The standard InChI is InChI=1S/C14H18N2O3S/c1-8-7-20-13(15-8)14(5-2-6-14)16-11(17)9-3-4-10(9)12(18)19/h7,9-10H,2-6H2,1H3,(H,16,17)(H,18,19). The van der Waals surface area contributed by atoms with E-state index in [1.54, 1.807) is 11.3 Å². The minimum atomic E-state index is -0.857. The van der Waals surface area contributed by atoms with Gasteiger partial charge in [-0.1, -0.05) is 0 Å². The summed E-state index contributed by atoms with van der Waals surface area (Å²) in [5.41, 5.74) is 0.631. The highest BCUT2D eigenvalue weighted by Gasteiger charge is 2.47. The summed E-state index contributed by atoms with van der Waals surface area (Å²) in [6.07, 6.45) is 4.16. The van der Waals surface area contributed by atoms with Gasteiger partial charge in [-0.2, -0.15) is 0 Å². The van der Waals surface area contributed by atoms with Crippen LogP contribution in [0.4, 0.5) is 0 Å². The van der Waals surface area contributed by atoms with E-state index in [1.807, 2.05) is 12.3 Å². The van der Waals surface area contributed by atoms with Gasteiger partial charge in [0.15, 0.2) is 0 Å². The van der Waals surface area contributed by atoms with Crippen molar-refractivity contribution in [3.8, 4) is 0 Å². The van der Waals surface area contributed by atoms with Gasteiger partial charge in [-0.15, -0.1) is 11.3 Å². The third-order valence-electron chi connectivity index (χ3n) is 4.53. The molecular weight excluding hydrogens is 276 g/mol. The zero-order chi connectivity index (χ0) is 14.3. The van der Waals surface area contributed by atoms with Crippen molar-refractivity contribution in [2.75, 3.05) is 0 Å². The summed E-state index contributed by atoms with van der Waals surface area (Å²) in [5.74, 6) is -1.85. The van der Waals surface area contributed by atoms with Gasteiger partial charge >= 0.3 is 5.97 Å². The second kappa shape index (κ2) is 4.84. The number of rotatable bonds is 4. The number of hydrogen-bond acceptors (Lipinski definition) is 4. The van der Waals surface area contributed by atoms with E-state index in [0.717, 1.165) is 30.0 Å². The van der Waals surface area contributed by atoms with Crippen molar-refractivity contribution in [2.24, 2.45) is 11.8 Å². The van der Waals surface area contributed by atoms with E-state index in [2.05, 4.69) is 10.3 Å². The van der Waals surface area contributed by atoms with Crippen molar-refractivity contribution in [2.45, 2.75) is 44.6 Å². The lowest BCUT2D eigenvalue weighted by atomic mass is 9.71. The molecule has 0 saturated heterocycles. The summed E-state index contributed by atoms with van der Waals surface area (Å²) in [4.78, 5) is 27.9. The molecule has 2 N–H and O–H groups in total. The molecule has 2 saturated carbocycles. The molecule has 1 amide bonds. The molecule has 20 heavy (non-hydrogen) atoms. The molecule has 1 heterocycles. The Morgan fingerprint density at radius 2 is 2.10 bits per heavy atom. The highest BCUT2D eigenvalue weighted by molar-refractivity contribution is 7.09. The number of carboxylic acid groups (broad SMARTS) is 1. The number of thiazole rings is 1. The summed E-state index contributed by atoms with van der Waals surface area (Å²) >= 11 is 1.58. The molecule has 6 heteroatoms. The Balaban J connectivity index is 1.72. The number of carbonyl (C=O) groups is 2. The molecule has 0 aliphatic heterocycles. The van der Waals surface area contributed by atoms with Crippen molar-refractivity contribution in [3.05, 3.63) is 16.1 Å². The van der Waals surface area contributed by atoms with E-state index in [0.29, 0.717) is 12.8 Å². The van der Waals surface area contributed by atoms with Crippen molar-refractivity contribution < 1.29 is 14.7 Å². The third-order valence-corrected chi connectivity index (χ3v) is 5.69. The van der Waals surface area contributed by atoms with Crippen LogP contribution >= 0.6 is 11.3 Å². The lowest BCUT2D eigenvalue weighted by Crippen LogP contribution is -2.55. The monoisotopic (exact) mass is 294 g/mol. The zero-order valence-electron chi connectivity index (χ0n) is 11.4. The number of aliphatic carboxylic acids is 1. The fourth-order valence-corrected chi connectivity index (χ4v) is 3.95. The minimum absolute atomic E-state index is 0.115.